The number of guanidine groups is 1. The zero-order chi connectivity index (χ0) is 14.0. The van der Waals surface area contributed by atoms with Gasteiger partial charge in [0.25, 0.3) is 0 Å². The van der Waals surface area contributed by atoms with Crippen molar-refractivity contribution in [3.8, 4) is 0 Å². The number of unbranched alkanes of at least 4 members (excludes halogenated alkanes) is 3. The SMILES string of the molecule is CCCCCCC1CN=C(NCCC2=CCCCC2)N1. The molecule has 1 aliphatic carbocycles. The topological polar surface area (TPSA) is 36.4 Å². The number of aliphatic imine (C=N–C) groups is 1. The first-order chi connectivity index (χ1) is 9.88. The Hall–Kier alpha value is -0.990. The van der Waals surface area contributed by atoms with Gasteiger partial charge in [-0.1, -0.05) is 44.3 Å². The highest BCUT2D eigenvalue weighted by atomic mass is 15.2. The molecule has 1 heterocycles. The molecular weight excluding hydrogens is 246 g/mol. The average molecular weight is 277 g/mol. The Balaban J connectivity index is 1.53. The maximum Gasteiger partial charge on any atom is 0.191 e. The number of hydrogen-bond donors (Lipinski definition) is 2. The Kier molecular flexibility index (Phi) is 6.96. The van der Waals surface area contributed by atoms with Crippen molar-refractivity contribution in [2.24, 2.45) is 4.99 Å². The molecule has 2 aliphatic rings. The summed E-state index contributed by atoms with van der Waals surface area (Å²) in [5, 5.41) is 6.98. The molecule has 1 unspecified atom stereocenters. The maximum atomic E-state index is 4.57. The molecular formula is C17H31N3. The van der Waals surface area contributed by atoms with E-state index in [0.29, 0.717) is 6.04 Å². The van der Waals surface area contributed by atoms with Crippen LogP contribution in [0.1, 0.15) is 71.1 Å². The van der Waals surface area contributed by atoms with E-state index in [-0.39, 0.29) is 0 Å². The van der Waals surface area contributed by atoms with E-state index in [4.69, 9.17) is 0 Å². The summed E-state index contributed by atoms with van der Waals surface area (Å²) in [7, 11) is 0. The molecule has 0 radical (unpaired) electrons. The number of hydrogen-bond acceptors (Lipinski definition) is 3. The zero-order valence-electron chi connectivity index (χ0n) is 13.1. The van der Waals surface area contributed by atoms with Gasteiger partial charge in [0.05, 0.1) is 6.54 Å². The fraction of sp³-hybridized carbons (Fsp3) is 0.824. The predicted octanol–water partition coefficient (Wildman–Crippen LogP) is 3.76. The largest absolute Gasteiger partial charge is 0.356 e. The van der Waals surface area contributed by atoms with Gasteiger partial charge in [-0.25, -0.2) is 0 Å². The van der Waals surface area contributed by atoms with Gasteiger partial charge < -0.3 is 10.6 Å². The second kappa shape index (κ2) is 9.04. The quantitative estimate of drug-likeness (QED) is 0.523. The number of rotatable bonds is 8. The zero-order valence-corrected chi connectivity index (χ0v) is 13.1. The summed E-state index contributed by atoms with van der Waals surface area (Å²) in [5.41, 5.74) is 1.64. The normalized spacial score (nSPS) is 22.1. The number of allylic oxidation sites excluding steroid dienone is 1. The van der Waals surface area contributed by atoms with Gasteiger partial charge in [-0.3, -0.25) is 4.99 Å². The van der Waals surface area contributed by atoms with Crippen LogP contribution in [0, 0.1) is 0 Å². The summed E-state index contributed by atoms with van der Waals surface area (Å²) >= 11 is 0. The van der Waals surface area contributed by atoms with Crippen LogP contribution in [0.3, 0.4) is 0 Å². The van der Waals surface area contributed by atoms with Crippen LogP contribution in [-0.2, 0) is 0 Å². The Bertz CT molecular complexity index is 333. The highest BCUT2D eigenvalue weighted by Crippen LogP contribution is 2.19. The van der Waals surface area contributed by atoms with Gasteiger partial charge >= 0.3 is 0 Å². The van der Waals surface area contributed by atoms with Crippen molar-refractivity contribution in [1.29, 1.82) is 0 Å². The fourth-order valence-electron chi connectivity index (χ4n) is 3.05. The van der Waals surface area contributed by atoms with Gasteiger partial charge in [-0.2, -0.15) is 0 Å². The molecule has 0 saturated carbocycles. The molecule has 20 heavy (non-hydrogen) atoms. The first-order valence-electron chi connectivity index (χ1n) is 8.61. The third-order valence-corrected chi connectivity index (χ3v) is 4.34. The van der Waals surface area contributed by atoms with Crippen molar-refractivity contribution in [3.63, 3.8) is 0 Å². The molecule has 0 aromatic carbocycles. The lowest BCUT2D eigenvalue weighted by Gasteiger charge is -2.15. The summed E-state index contributed by atoms with van der Waals surface area (Å²) in [6.07, 6.45) is 15.6. The Morgan fingerprint density at radius 2 is 2.25 bits per heavy atom. The van der Waals surface area contributed by atoms with Crippen LogP contribution < -0.4 is 10.6 Å². The molecule has 0 aromatic rings. The van der Waals surface area contributed by atoms with E-state index < -0.39 is 0 Å². The Morgan fingerprint density at radius 1 is 1.30 bits per heavy atom. The van der Waals surface area contributed by atoms with Gasteiger partial charge in [0.2, 0.25) is 0 Å². The standard InChI is InChI=1S/C17H31N3/c1-2-3-4-8-11-16-14-19-17(20-16)18-13-12-15-9-6-5-7-10-15/h9,16H,2-8,10-14H2,1H3,(H2,18,19,20). The summed E-state index contributed by atoms with van der Waals surface area (Å²) < 4.78 is 0. The van der Waals surface area contributed by atoms with E-state index >= 15 is 0 Å². The lowest BCUT2D eigenvalue weighted by atomic mass is 9.97. The summed E-state index contributed by atoms with van der Waals surface area (Å²) in [4.78, 5) is 4.57. The van der Waals surface area contributed by atoms with Crippen LogP contribution in [0.25, 0.3) is 0 Å². The molecule has 2 rings (SSSR count). The molecule has 0 aromatic heterocycles. The molecule has 1 atom stereocenters. The first kappa shape index (κ1) is 15.4. The minimum Gasteiger partial charge on any atom is -0.356 e. The molecule has 0 fully saturated rings. The van der Waals surface area contributed by atoms with E-state index in [1.54, 1.807) is 5.57 Å². The molecule has 3 nitrogen and oxygen atoms in total. The highest BCUT2D eigenvalue weighted by Gasteiger charge is 2.16. The van der Waals surface area contributed by atoms with Crippen LogP contribution in [0.15, 0.2) is 16.6 Å². The van der Waals surface area contributed by atoms with E-state index in [1.165, 1.54) is 64.2 Å². The van der Waals surface area contributed by atoms with Gasteiger partial charge in [-0.15, -0.1) is 0 Å². The second-order valence-electron chi connectivity index (χ2n) is 6.16. The Morgan fingerprint density at radius 3 is 3.05 bits per heavy atom. The highest BCUT2D eigenvalue weighted by molar-refractivity contribution is 5.81. The van der Waals surface area contributed by atoms with Crippen molar-refractivity contribution in [2.75, 3.05) is 13.1 Å². The van der Waals surface area contributed by atoms with Gasteiger partial charge in [0.15, 0.2) is 5.96 Å². The summed E-state index contributed by atoms with van der Waals surface area (Å²) in [6, 6.07) is 0.572. The molecule has 0 saturated heterocycles. The van der Waals surface area contributed by atoms with E-state index in [1.807, 2.05) is 0 Å². The molecule has 3 heteroatoms. The van der Waals surface area contributed by atoms with Crippen LogP contribution in [0.4, 0.5) is 0 Å². The monoisotopic (exact) mass is 277 g/mol. The van der Waals surface area contributed by atoms with Crippen LogP contribution in [0.2, 0.25) is 0 Å². The Labute approximate surface area is 124 Å². The average Bonchev–Trinajstić information content (AvgIpc) is 2.93. The van der Waals surface area contributed by atoms with E-state index in [0.717, 1.165) is 19.0 Å². The maximum absolute atomic E-state index is 4.57. The molecule has 0 spiro atoms. The molecule has 1 aliphatic heterocycles. The molecule has 114 valence electrons. The van der Waals surface area contributed by atoms with Crippen LogP contribution >= 0.6 is 0 Å². The molecule has 2 N–H and O–H groups in total. The lowest BCUT2D eigenvalue weighted by molar-refractivity contribution is 0.538. The smallest absolute Gasteiger partial charge is 0.191 e. The number of nitrogens with zero attached hydrogens (tertiary/aromatic N) is 1. The minimum absolute atomic E-state index is 0.572. The van der Waals surface area contributed by atoms with Crippen LogP contribution in [-0.4, -0.2) is 25.1 Å². The second-order valence-corrected chi connectivity index (χ2v) is 6.16. The fourth-order valence-corrected chi connectivity index (χ4v) is 3.05. The van der Waals surface area contributed by atoms with Crippen molar-refractivity contribution >= 4 is 5.96 Å². The minimum atomic E-state index is 0.572. The van der Waals surface area contributed by atoms with E-state index in [2.05, 4.69) is 28.6 Å². The first-order valence-corrected chi connectivity index (χ1v) is 8.61. The van der Waals surface area contributed by atoms with Gasteiger partial charge in [0.1, 0.15) is 0 Å². The van der Waals surface area contributed by atoms with E-state index in [9.17, 15) is 0 Å². The third-order valence-electron chi connectivity index (χ3n) is 4.34. The molecule has 0 bridgehead atoms. The van der Waals surface area contributed by atoms with Gasteiger partial charge in [0, 0.05) is 12.6 Å². The summed E-state index contributed by atoms with van der Waals surface area (Å²) in [5.74, 6) is 1.03. The lowest BCUT2D eigenvalue weighted by Crippen LogP contribution is -2.39. The van der Waals surface area contributed by atoms with Crippen LogP contribution in [0.5, 0.6) is 0 Å². The van der Waals surface area contributed by atoms with Crippen molar-refractivity contribution in [2.45, 2.75) is 77.2 Å². The predicted molar refractivity (Wildman–Crippen MR) is 87.2 cm³/mol. The molecule has 0 amide bonds. The van der Waals surface area contributed by atoms with Crippen molar-refractivity contribution in [3.05, 3.63) is 11.6 Å². The van der Waals surface area contributed by atoms with Gasteiger partial charge in [-0.05, 0) is 38.5 Å². The number of nitrogens with one attached hydrogen (secondary N) is 2. The van der Waals surface area contributed by atoms with Crippen molar-refractivity contribution < 1.29 is 0 Å². The third kappa shape index (κ3) is 5.56. The summed E-state index contributed by atoms with van der Waals surface area (Å²) in [6.45, 7) is 4.25. The van der Waals surface area contributed by atoms with Crippen molar-refractivity contribution in [1.82, 2.24) is 10.6 Å².